The molecule has 3 aromatic heterocycles. The van der Waals surface area contributed by atoms with Crippen LogP contribution in [-0.2, 0) is 6.42 Å². The Hall–Kier alpha value is -3.26. The van der Waals surface area contributed by atoms with E-state index >= 15 is 0 Å². The lowest BCUT2D eigenvalue weighted by molar-refractivity contribution is 0.0919. The first-order chi connectivity index (χ1) is 13.0. The highest BCUT2D eigenvalue weighted by Crippen LogP contribution is 2.27. The Labute approximate surface area is 157 Å². The Morgan fingerprint density at radius 2 is 2.00 bits per heavy atom. The fourth-order valence-corrected chi connectivity index (χ4v) is 2.88. The van der Waals surface area contributed by atoms with Crippen molar-refractivity contribution in [2.24, 2.45) is 0 Å². The summed E-state index contributed by atoms with van der Waals surface area (Å²) in [6, 6.07) is 10.1. The molecule has 0 aliphatic carbocycles. The highest BCUT2D eigenvalue weighted by molar-refractivity contribution is 6.30. The standard InChI is InChI=1S/C18H13ClFN5O2/c1-21-17(26)18-22-14(24-27-18)8-13-16(10-2-4-11(19)5-3-10)23-15-7-6-12(20)9-25(13)15/h2-7,9H,8H2,1H3,(H,21,26). The molecule has 3 heterocycles. The average Bonchev–Trinajstić information content (AvgIpc) is 3.27. The number of carbonyl (C=O) groups is 1. The summed E-state index contributed by atoms with van der Waals surface area (Å²) in [6.07, 6.45) is 1.54. The summed E-state index contributed by atoms with van der Waals surface area (Å²) in [5.74, 6) is -0.728. The van der Waals surface area contributed by atoms with Gasteiger partial charge in [0.1, 0.15) is 11.5 Å². The van der Waals surface area contributed by atoms with Crippen molar-refractivity contribution in [3.63, 3.8) is 0 Å². The van der Waals surface area contributed by atoms with Gasteiger partial charge in [0.05, 0.1) is 17.8 Å². The molecule has 1 amide bonds. The molecule has 0 aliphatic heterocycles. The average molecular weight is 386 g/mol. The minimum atomic E-state index is -0.476. The second-order valence-corrected chi connectivity index (χ2v) is 6.20. The number of halogens is 2. The van der Waals surface area contributed by atoms with Crippen molar-refractivity contribution in [3.05, 3.63) is 70.8 Å². The molecule has 0 saturated carbocycles. The van der Waals surface area contributed by atoms with Gasteiger partial charge in [0.2, 0.25) is 0 Å². The number of fused-ring (bicyclic) bond motifs is 1. The summed E-state index contributed by atoms with van der Waals surface area (Å²) in [4.78, 5) is 20.3. The van der Waals surface area contributed by atoms with Crippen molar-refractivity contribution >= 4 is 23.2 Å². The SMILES string of the molecule is CNC(=O)c1nc(Cc2c(-c3ccc(Cl)cc3)nc3ccc(F)cn23)no1. The van der Waals surface area contributed by atoms with Crippen molar-refractivity contribution < 1.29 is 13.7 Å². The van der Waals surface area contributed by atoms with E-state index in [1.165, 1.54) is 19.3 Å². The van der Waals surface area contributed by atoms with Gasteiger partial charge >= 0.3 is 11.8 Å². The molecule has 4 rings (SSSR count). The van der Waals surface area contributed by atoms with Gasteiger partial charge in [0, 0.05) is 23.8 Å². The number of imidazole rings is 1. The number of nitrogens with zero attached hydrogens (tertiary/aromatic N) is 4. The van der Waals surface area contributed by atoms with Gasteiger partial charge in [-0.05, 0) is 24.3 Å². The van der Waals surface area contributed by atoms with Crippen LogP contribution in [0.25, 0.3) is 16.9 Å². The van der Waals surface area contributed by atoms with Gasteiger partial charge in [-0.1, -0.05) is 28.9 Å². The summed E-state index contributed by atoms with van der Waals surface area (Å²) in [5, 5.41) is 6.85. The predicted octanol–water partition coefficient (Wildman–Crippen LogP) is 3.13. The van der Waals surface area contributed by atoms with Gasteiger partial charge in [0.15, 0.2) is 5.82 Å². The molecule has 1 aromatic carbocycles. The molecule has 0 unspecified atom stereocenters. The van der Waals surface area contributed by atoms with Gasteiger partial charge in [-0.2, -0.15) is 4.98 Å². The highest BCUT2D eigenvalue weighted by atomic mass is 35.5. The zero-order valence-corrected chi connectivity index (χ0v) is 14.9. The van der Waals surface area contributed by atoms with E-state index in [1.54, 1.807) is 22.6 Å². The number of hydrogen-bond donors (Lipinski definition) is 1. The molecular formula is C18H13ClFN5O2. The molecule has 0 fully saturated rings. The van der Waals surface area contributed by atoms with Crippen LogP contribution in [0.15, 0.2) is 47.1 Å². The van der Waals surface area contributed by atoms with Crippen molar-refractivity contribution in [1.82, 2.24) is 24.8 Å². The first-order valence-corrected chi connectivity index (χ1v) is 8.40. The molecule has 27 heavy (non-hydrogen) atoms. The number of nitrogens with one attached hydrogen (secondary N) is 1. The maximum absolute atomic E-state index is 13.8. The molecule has 0 spiro atoms. The summed E-state index contributed by atoms with van der Waals surface area (Å²) < 4.78 is 20.4. The normalized spacial score (nSPS) is 11.1. The molecular weight excluding hydrogens is 373 g/mol. The number of hydrogen-bond acceptors (Lipinski definition) is 5. The number of rotatable bonds is 4. The predicted molar refractivity (Wildman–Crippen MR) is 96.1 cm³/mol. The Morgan fingerprint density at radius 3 is 2.74 bits per heavy atom. The molecule has 1 N–H and O–H groups in total. The zero-order chi connectivity index (χ0) is 19.0. The third-order valence-corrected chi connectivity index (χ3v) is 4.27. The lowest BCUT2D eigenvalue weighted by Gasteiger charge is -2.03. The van der Waals surface area contributed by atoms with E-state index in [2.05, 4.69) is 20.4 Å². The molecule has 0 atom stereocenters. The molecule has 9 heteroatoms. The topological polar surface area (TPSA) is 85.3 Å². The summed E-state index contributed by atoms with van der Waals surface area (Å²) in [5.41, 5.74) is 2.69. The van der Waals surface area contributed by atoms with Crippen LogP contribution in [0.2, 0.25) is 5.02 Å². The number of pyridine rings is 1. The maximum atomic E-state index is 13.8. The first-order valence-electron chi connectivity index (χ1n) is 8.02. The van der Waals surface area contributed by atoms with E-state index in [9.17, 15) is 9.18 Å². The Morgan fingerprint density at radius 1 is 1.22 bits per heavy atom. The molecule has 0 radical (unpaired) electrons. The second-order valence-electron chi connectivity index (χ2n) is 5.76. The fourth-order valence-electron chi connectivity index (χ4n) is 2.75. The summed E-state index contributed by atoms with van der Waals surface area (Å²) >= 11 is 5.97. The molecule has 0 bridgehead atoms. The van der Waals surface area contributed by atoms with E-state index in [1.807, 2.05) is 12.1 Å². The molecule has 0 saturated heterocycles. The van der Waals surface area contributed by atoms with Crippen LogP contribution in [0.1, 0.15) is 22.2 Å². The van der Waals surface area contributed by atoms with Gasteiger partial charge in [-0.3, -0.25) is 4.79 Å². The van der Waals surface area contributed by atoms with Gasteiger partial charge in [-0.25, -0.2) is 9.37 Å². The largest absolute Gasteiger partial charge is 0.351 e. The lowest BCUT2D eigenvalue weighted by Crippen LogP contribution is -2.18. The van der Waals surface area contributed by atoms with Crippen LogP contribution < -0.4 is 5.32 Å². The first kappa shape index (κ1) is 17.2. The van der Waals surface area contributed by atoms with E-state index in [0.717, 1.165) is 5.56 Å². The van der Waals surface area contributed by atoms with Crippen molar-refractivity contribution in [3.8, 4) is 11.3 Å². The van der Waals surface area contributed by atoms with Gasteiger partial charge in [-0.15, -0.1) is 0 Å². The summed E-state index contributed by atoms with van der Waals surface area (Å²) in [7, 11) is 1.47. The zero-order valence-electron chi connectivity index (χ0n) is 14.1. The number of carbonyl (C=O) groups excluding carboxylic acids is 1. The van der Waals surface area contributed by atoms with Crippen LogP contribution in [0.5, 0.6) is 0 Å². The third-order valence-electron chi connectivity index (χ3n) is 4.01. The van der Waals surface area contributed by atoms with Crippen LogP contribution in [0.3, 0.4) is 0 Å². The van der Waals surface area contributed by atoms with E-state index in [0.29, 0.717) is 22.1 Å². The highest BCUT2D eigenvalue weighted by Gasteiger charge is 2.19. The Kier molecular flexibility index (Phi) is 4.33. The van der Waals surface area contributed by atoms with Crippen molar-refractivity contribution in [2.45, 2.75) is 6.42 Å². The van der Waals surface area contributed by atoms with Gasteiger partial charge in [0.25, 0.3) is 0 Å². The summed E-state index contributed by atoms with van der Waals surface area (Å²) in [6.45, 7) is 0. The van der Waals surface area contributed by atoms with E-state index in [4.69, 9.17) is 16.1 Å². The van der Waals surface area contributed by atoms with Crippen LogP contribution in [0, 0.1) is 5.82 Å². The number of aromatic nitrogens is 4. The number of amides is 1. The van der Waals surface area contributed by atoms with Gasteiger partial charge < -0.3 is 14.2 Å². The van der Waals surface area contributed by atoms with Crippen molar-refractivity contribution in [2.75, 3.05) is 7.05 Å². The number of benzene rings is 1. The molecule has 0 aliphatic rings. The fraction of sp³-hybridized carbons (Fsp3) is 0.111. The molecule has 136 valence electrons. The second kappa shape index (κ2) is 6.81. The van der Waals surface area contributed by atoms with Crippen LogP contribution in [-0.4, -0.2) is 32.5 Å². The van der Waals surface area contributed by atoms with Crippen molar-refractivity contribution in [1.29, 1.82) is 0 Å². The van der Waals surface area contributed by atoms with E-state index < -0.39 is 11.7 Å². The monoisotopic (exact) mass is 385 g/mol. The third kappa shape index (κ3) is 3.26. The minimum absolute atomic E-state index is 0.138. The quantitative estimate of drug-likeness (QED) is 0.583. The van der Waals surface area contributed by atoms with E-state index in [-0.39, 0.29) is 18.1 Å². The Balaban J connectivity index is 1.83. The molecule has 4 aromatic rings. The smallest absolute Gasteiger partial charge is 0.315 e. The Bertz CT molecular complexity index is 1140. The lowest BCUT2D eigenvalue weighted by atomic mass is 10.1. The minimum Gasteiger partial charge on any atom is -0.351 e. The maximum Gasteiger partial charge on any atom is 0.315 e. The van der Waals surface area contributed by atoms with Crippen LogP contribution >= 0.6 is 11.6 Å². The molecule has 7 nitrogen and oxygen atoms in total. The van der Waals surface area contributed by atoms with Crippen LogP contribution in [0.4, 0.5) is 4.39 Å².